The zero-order chi connectivity index (χ0) is 22.9. The lowest BCUT2D eigenvalue weighted by Gasteiger charge is -2.33. The Bertz CT molecular complexity index is 1350. The Balaban J connectivity index is 1.26. The van der Waals surface area contributed by atoms with Gasteiger partial charge in [-0.3, -0.25) is 4.40 Å². The zero-order valence-corrected chi connectivity index (χ0v) is 19.2. The predicted octanol–water partition coefficient (Wildman–Crippen LogP) is 3.18. The van der Waals surface area contributed by atoms with Crippen molar-refractivity contribution in [3.63, 3.8) is 0 Å². The SMILES string of the molecule is CN1CCN(c2cc(Nc3ncc4c(n3)CCCC=C4c3cnc4nccn4c3)ccn2)CC1. The summed E-state index contributed by atoms with van der Waals surface area (Å²) in [5.74, 6) is 2.29. The number of fused-ring (bicyclic) bond motifs is 2. The Morgan fingerprint density at radius 2 is 1.88 bits per heavy atom. The molecule has 0 radical (unpaired) electrons. The molecule has 0 unspecified atom stereocenters. The molecule has 1 saturated heterocycles. The monoisotopic (exact) mass is 453 g/mol. The summed E-state index contributed by atoms with van der Waals surface area (Å²) in [6.45, 7) is 4.06. The fourth-order valence-electron chi connectivity index (χ4n) is 4.58. The zero-order valence-electron chi connectivity index (χ0n) is 19.2. The molecular weight excluding hydrogens is 426 g/mol. The molecule has 34 heavy (non-hydrogen) atoms. The number of pyridine rings is 1. The molecule has 1 fully saturated rings. The molecule has 0 saturated carbocycles. The van der Waals surface area contributed by atoms with E-state index >= 15 is 0 Å². The Kier molecular flexibility index (Phi) is 5.38. The summed E-state index contributed by atoms with van der Waals surface area (Å²) in [4.78, 5) is 27.6. The van der Waals surface area contributed by atoms with Gasteiger partial charge in [0.1, 0.15) is 5.82 Å². The summed E-state index contributed by atoms with van der Waals surface area (Å²) >= 11 is 0. The van der Waals surface area contributed by atoms with Crippen molar-refractivity contribution >= 4 is 28.8 Å². The number of piperazine rings is 1. The van der Waals surface area contributed by atoms with Crippen LogP contribution in [0.1, 0.15) is 29.7 Å². The molecule has 0 aromatic carbocycles. The topological polar surface area (TPSA) is 87.4 Å². The summed E-state index contributed by atoms with van der Waals surface area (Å²) in [5.41, 5.74) is 5.24. The predicted molar refractivity (Wildman–Crippen MR) is 132 cm³/mol. The molecule has 0 amide bonds. The summed E-state index contributed by atoms with van der Waals surface area (Å²) in [7, 11) is 2.16. The quantitative estimate of drug-likeness (QED) is 0.504. The van der Waals surface area contributed by atoms with Crippen LogP contribution in [0.2, 0.25) is 0 Å². The van der Waals surface area contributed by atoms with Gasteiger partial charge in [-0.2, -0.15) is 0 Å². The van der Waals surface area contributed by atoms with Crippen LogP contribution in [0.4, 0.5) is 17.5 Å². The van der Waals surface area contributed by atoms with Crippen molar-refractivity contribution in [3.8, 4) is 0 Å². The minimum absolute atomic E-state index is 0.610. The van der Waals surface area contributed by atoms with Gasteiger partial charge in [-0.05, 0) is 37.9 Å². The highest BCUT2D eigenvalue weighted by atomic mass is 15.3. The number of nitrogens with one attached hydrogen (secondary N) is 1. The third-order valence-electron chi connectivity index (χ3n) is 6.51. The Hall–Kier alpha value is -3.85. The van der Waals surface area contributed by atoms with Gasteiger partial charge in [0.05, 0.1) is 5.69 Å². The Morgan fingerprint density at radius 3 is 2.79 bits per heavy atom. The second-order valence-electron chi connectivity index (χ2n) is 8.86. The highest BCUT2D eigenvalue weighted by Gasteiger charge is 2.18. The van der Waals surface area contributed by atoms with E-state index in [1.54, 1.807) is 6.20 Å². The molecule has 0 bridgehead atoms. The second-order valence-corrected chi connectivity index (χ2v) is 8.86. The van der Waals surface area contributed by atoms with Crippen LogP contribution >= 0.6 is 0 Å². The normalized spacial score (nSPS) is 16.7. The molecule has 0 atom stereocenters. The number of nitrogens with zero attached hydrogens (tertiary/aromatic N) is 8. The van der Waals surface area contributed by atoms with E-state index in [4.69, 9.17) is 4.98 Å². The molecule has 6 rings (SSSR count). The van der Waals surface area contributed by atoms with Crippen LogP contribution in [0, 0.1) is 0 Å². The number of aryl methyl sites for hydroxylation is 1. The Morgan fingerprint density at radius 1 is 0.971 bits per heavy atom. The fraction of sp³-hybridized carbons (Fsp3) is 0.320. The molecule has 1 N–H and O–H groups in total. The number of hydrogen-bond donors (Lipinski definition) is 1. The standard InChI is InChI=1S/C25H27N9/c1-32-10-12-33(13-11-32)23-14-19(6-7-26-23)30-24-28-16-21-20(4-2-3-5-22(21)31-24)18-15-29-25-27-8-9-34(25)17-18/h4,6-9,14-17H,2-3,5,10-13H2,1H3,(H,26,28,30,31). The maximum Gasteiger partial charge on any atom is 0.233 e. The number of imidazole rings is 1. The van der Waals surface area contributed by atoms with Gasteiger partial charge in [-0.1, -0.05) is 6.08 Å². The van der Waals surface area contributed by atoms with Crippen molar-refractivity contribution in [1.29, 1.82) is 0 Å². The van der Waals surface area contributed by atoms with E-state index in [2.05, 4.69) is 60.4 Å². The molecule has 2 aliphatic rings. The number of rotatable bonds is 4. The van der Waals surface area contributed by atoms with Crippen molar-refractivity contribution in [1.82, 2.24) is 34.2 Å². The van der Waals surface area contributed by atoms with Gasteiger partial charge < -0.3 is 15.1 Å². The Labute approximate surface area is 198 Å². The molecule has 4 aromatic heterocycles. The van der Waals surface area contributed by atoms with E-state index < -0.39 is 0 Å². The number of hydrogen-bond acceptors (Lipinski definition) is 8. The second kappa shape index (κ2) is 8.83. The summed E-state index contributed by atoms with van der Waals surface area (Å²) in [6.07, 6.45) is 16.6. The minimum Gasteiger partial charge on any atom is -0.354 e. The summed E-state index contributed by atoms with van der Waals surface area (Å²) in [5, 5.41) is 3.39. The van der Waals surface area contributed by atoms with Gasteiger partial charge in [0, 0.05) is 86.2 Å². The van der Waals surface area contributed by atoms with E-state index in [1.165, 1.54) is 0 Å². The molecule has 4 aromatic rings. The van der Waals surface area contributed by atoms with Gasteiger partial charge in [0.15, 0.2) is 0 Å². The van der Waals surface area contributed by atoms with E-state index in [9.17, 15) is 0 Å². The van der Waals surface area contributed by atoms with Crippen LogP contribution in [-0.2, 0) is 6.42 Å². The lowest BCUT2D eigenvalue weighted by molar-refractivity contribution is 0.312. The summed E-state index contributed by atoms with van der Waals surface area (Å²) < 4.78 is 1.94. The number of aromatic nitrogens is 6. The highest BCUT2D eigenvalue weighted by molar-refractivity contribution is 5.81. The first-order chi connectivity index (χ1) is 16.7. The van der Waals surface area contributed by atoms with Crippen LogP contribution in [0.5, 0.6) is 0 Å². The molecule has 5 heterocycles. The molecule has 9 nitrogen and oxygen atoms in total. The van der Waals surface area contributed by atoms with Crippen LogP contribution < -0.4 is 10.2 Å². The molecule has 1 aliphatic heterocycles. The van der Waals surface area contributed by atoms with Gasteiger partial charge >= 0.3 is 0 Å². The molecule has 9 heteroatoms. The van der Waals surface area contributed by atoms with Crippen molar-refractivity contribution in [2.45, 2.75) is 19.3 Å². The lowest BCUT2D eigenvalue weighted by atomic mass is 10.0. The highest BCUT2D eigenvalue weighted by Crippen LogP contribution is 2.30. The van der Waals surface area contributed by atoms with Crippen molar-refractivity contribution in [2.24, 2.45) is 0 Å². The number of allylic oxidation sites excluding steroid dienone is 1. The van der Waals surface area contributed by atoms with Crippen molar-refractivity contribution in [3.05, 3.63) is 72.2 Å². The van der Waals surface area contributed by atoms with Crippen LogP contribution in [0.15, 0.2) is 55.4 Å². The number of anilines is 3. The smallest absolute Gasteiger partial charge is 0.233 e. The largest absolute Gasteiger partial charge is 0.354 e. The average molecular weight is 454 g/mol. The van der Waals surface area contributed by atoms with Gasteiger partial charge in [0.2, 0.25) is 11.7 Å². The van der Waals surface area contributed by atoms with Crippen LogP contribution in [-0.4, -0.2) is 67.4 Å². The van der Waals surface area contributed by atoms with E-state index in [0.717, 1.165) is 79.3 Å². The van der Waals surface area contributed by atoms with Gasteiger partial charge in [0.25, 0.3) is 0 Å². The van der Waals surface area contributed by atoms with E-state index in [-0.39, 0.29) is 0 Å². The summed E-state index contributed by atoms with van der Waals surface area (Å²) in [6, 6.07) is 4.05. The fourth-order valence-corrected chi connectivity index (χ4v) is 4.58. The maximum atomic E-state index is 4.91. The third kappa shape index (κ3) is 4.10. The first kappa shape index (κ1) is 20.7. The average Bonchev–Trinajstić information content (AvgIpc) is 3.23. The number of likely N-dealkylation sites (N-methyl/N-ethyl adjacent to an activating group) is 1. The first-order valence-electron chi connectivity index (χ1n) is 11.7. The van der Waals surface area contributed by atoms with E-state index in [0.29, 0.717) is 11.7 Å². The lowest BCUT2D eigenvalue weighted by Crippen LogP contribution is -2.44. The van der Waals surface area contributed by atoms with Gasteiger partial charge in [-0.15, -0.1) is 0 Å². The van der Waals surface area contributed by atoms with Crippen molar-refractivity contribution < 1.29 is 0 Å². The maximum absolute atomic E-state index is 4.91. The molecule has 1 aliphatic carbocycles. The third-order valence-corrected chi connectivity index (χ3v) is 6.51. The van der Waals surface area contributed by atoms with Crippen LogP contribution in [0.3, 0.4) is 0 Å². The van der Waals surface area contributed by atoms with Gasteiger partial charge in [-0.25, -0.2) is 24.9 Å². The minimum atomic E-state index is 0.610. The molecule has 0 spiro atoms. The van der Waals surface area contributed by atoms with Crippen LogP contribution in [0.25, 0.3) is 11.4 Å². The van der Waals surface area contributed by atoms with E-state index in [1.807, 2.05) is 35.3 Å². The molecule has 172 valence electrons. The first-order valence-corrected chi connectivity index (χ1v) is 11.7. The van der Waals surface area contributed by atoms with Crippen molar-refractivity contribution in [2.75, 3.05) is 43.4 Å². The molecular formula is C25H27N9.